The first-order valence-corrected chi connectivity index (χ1v) is 5.81. The van der Waals surface area contributed by atoms with E-state index in [-0.39, 0.29) is 13.2 Å². The SMILES string of the molecule is CCOP(=O)(OCC)N(C)CCO. The lowest BCUT2D eigenvalue weighted by Crippen LogP contribution is -2.22. The Morgan fingerprint density at radius 1 is 1.31 bits per heavy atom. The van der Waals surface area contributed by atoms with Crippen molar-refractivity contribution in [2.24, 2.45) is 0 Å². The molecule has 0 heterocycles. The zero-order valence-corrected chi connectivity index (χ0v) is 9.29. The maximum atomic E-state index is 11.9. The van der Waals surface area contributed by atoms with Gasteiger partial charge >= 0.3 is 7.75 Å². The molecule has 0 saturated carbocycles. The molecule has 0 aromatic rings. The topological polar surface area (TPSA) is 59.0 Å². The second-order valence-corrected chi connectivity index (χ2v) is 4.55. The van der Waals surface area contributed by atoms with Crippen molar-refractivity contribution >= 4 is 7.75 Å². The first-order chi connectivity index (χ1) is 6.10. The molecule has 0 aliphatic rings. The van der Waals surface area contributed by atoms with Gasteiger partial charge in [0.05, 0.1) is 19.8 Å². The Morgan fingerprint density at radius 3 is 2.08 bits per heavy atom. The molecule has 0 rings (SSSR count). The summed E-state index contributed by atoms with van der Waals surface area (Å²) in [5, 5.41) is 8.66. The van der Waals surface area contributed by atoms with Crippen LogP contribution in [0.5, 0.6) is 0 Å². The number of rotatable bonds is 7. The van der Waals surface area contributed by atoms with Crippen LogP contribution in [0.2, 0.25) is 0 Å². The normalized spacial score (nSPS) is 12.4. The van der Waals surface area contributed by atoms with Gasteiger partial charge in [-0.3, -0.25) is 9.05 Å². The molecule has 80 valence electrons. The predicted molar refractivity (Wildman–Crippen MR) is 50.6 cm³/mol. The van der Waals surface area contributed by atoms with Gasteiger partial charge in [0.15, 0.2) is 0 Å². The number of aliphatic hydroxyl groups excluding tert-OH is 1. The maximum Gasteiger partial charge on any atom is 0.407 e. The zero-order valence-electron chi connectivity index (χ0n) is 8.39. The molecule has 0 radical (unpaired) electrons. The standard InChI is InChI=1S/C7H18NO4P/c1-4-11-13(10,12-5-2)8(3)6-7-9/h9H,4-7H2,1-3H3. The van der Waals surface area contributed by atoms with E-state index in [9.17, 15) is 4.57 Å². The zero-order chi connectivity index (χ0) is 10.3. The van der Waals surface area contributed by atoms with Crippen LogP contribution in [0.15, 0.2) is 0 Å². The summed E-state index contributed by atoms with van der Waals surface area (Å²) in [7, 11) is -1.55. The second-order valence-electron chi connectivity index (χ2n) is 2.41. The summed E-state index contributed by atoms with van der Waals surface area (Å²) in [5.41, 5.74) is 0. The van der Waals surface area contributed by atoms with Crippen LogP contribution in [0.1, 0.15) is 13.8 Å². The minimum Gasteiger partial charge on any atom is -0.395 e. The highest BCUT2D eigenvalue weighted by Crippen LogP contribution is 2.50. The first-order valence-electron chi connectivity index (χ1n) is 4.32. The van der Waals surface area contributed by atoms with Gasteiger partial charge in [0.25, 0.3) is 0 Å². The molecule has 0 bridgehead atoms. The van der Waals surface area contributed by atoms with Gasteiger partial charge in [-0.15, -0.1) is 0 Å². The summed E-state index contributed by atoms with van der Waals surface area (Å²) in [6.45, 7) is 4.36. The van der Waals surface area contributed by atoms with Gasteiger partial charge in [-0.2, -0.15) is 0 Å². The van der Waals surface area contributed by atoms with Gasteiger partial charge in [-0.25, -0.2) is 9.24 Å². The fourth-order valence-corrected chi connectivity index (χ4v) is 2.28. The number of hydrogen-bond acceptors (Lipinski definition) is 4. The van der Waals surface area contributed by atoms with Crippen molar-refractivity contribution in [3.63, 3.8) is 0 Å². The third kappa shape index (κ3) is 4.20. The molecular weight excluding hydrogens is 193 g/mol. The largest absolute Gasteiger partial charge is 0.407 e. The molecule has 0 amide bonds. The summed E-state index contributed by atoms with van der Waals surface area (Å²) in [6, 6.07) is 0. The Hall–Kier alpha value is 0.0700. The summed E-state index contributed by atoms with van der Waals surface area (Å²) in [6.07, 6.45) is 0. The quantitative estimate of drug-likeness (QED) is 0.639. The fraction of sp³-hybridized carbons (Fsp3) is 1.00. The second kappa shape index (κ2) is 6.51. The Bertz CT molecular complexity index is 166. The smallest absolute Gasteiger partial charge is 0.395 e. The van der Waals surface area contributed by atoms with Crippen LogP contribution >= 0.6 is 7.75 Å². The highest BCUT2D eigenvalue weighted by Gasteiger charge is 2.29. The van der Waals surface area contributed by atoms with E-state index in [0.717, 1.165) is 0 Å². The van der Waals surface area contributed by atoms with Crippen molar-refractivity contribution in [1.29, 1.82) is 0 Å². The summed E-state index contributed by atoms with van der Waals surface area (Å²) >= 11 is 0. The molecule has 0 aromatic carbocycles. The van der Waals surface area contributed by atoms with Gasteiger partial charge in [0.1, 0.15) is 0 Å². The lowest BCUT2D eigenvalue weighted by molar-refractivity contribution is 0.164. The first kappa shape index (κ1) is 13.1. The van der Waals surface area contributed by atoms with Crippen LogP contribution in [0, 0.1) is 0 Å². The highest BCUT2D eigenvalue weighted by atomic mass is 31.2. The van der Waals surface area contributed by atoms with Gasteiger partial charge in [0, 0.05) is 6.54 Å². The van der Waals surface area contributed by atoms with Gasteiger partial charge in [-0.05, 0) is 20.9 Å². The Kier molecular flexibility index (Phi) is 6.55. The van der Waals surface area contributed by atoms with E-state index in [1.165, 1.54) is 4.67 Å². The molecule has 0 aliphatic carbocycles. The Balaban J connectivity index is 4.28. The van der Waals surface area contributed by atoms with Gasteiger partial charge < -0.3 is 5.11 Å². The van der Waals surface area contributed by atoms with E-state index in [1.54, 1.807) is 20.9 Å². The average Bonchev–Trinajstić information content (AvgIpc) is 2.05. The summed E-state index contributed by atoms with van der Waals surface area (Å²) in [5.74, 6) is 0. The summed E-state index contributed by atoms with van der Waals surface area (Å²) in [4.78, 5) is 0. The van der Waals surface area contributed by atoms with Crippen LogP contribution in [0.3, 0.4) is 0 Å². The van der Waals surface area contributed by atoms with E-state index >= 15 is 0 Å². The van der Waals surface area contributed by atoms with E-state index < -0.39 is 7.75 Å². The van der Waals surface area contributed by atoms with Crippen molar-refractivity contribution < 1.29 is 18.7 Å². The van der Waals surface area contributed by atoms with Gasteiger partial charge in [-0.1, -0.05) is 0 Å². The molecule has 0 saturated heterocycles. The number of likely N-dealkylation sites (N-methyl/N-ethyl adjacent to an activating group) is 1. The van der Waals surface area contributed by atoms with Crippen LogP contribution in [-0.2, 0) is 13.6 Å². The fourth-order valence-electron chi connectivity index (χ4n) is 0.828. The van der Waals surface area contributed by atoms with Crippen molar-refractivity contribution in [2.75, 3.05) is 33.4 Å². The minimum atomic E-state index is -3.15. The maximum absolute atomic E-state index is 11.9. The molecule has 0 atom stereocenters. The molecule has 1 N–H and O–H groups in total. The Morgan fingerprint density at radius 2 is 1.77 bits per heavy atom. The van der Waals surface area contributed by atoms with Crippen molar-refractivity contribution in [3.05, 3.63) is 0 Å². The molecule has 0 unspecified atom stereocenters. The van der Waals surface area contributed by atoms with Crippen molar-refractivity contribution in [1.82, 2.24) is 4.67 Å². The lowest BCUT2D eigenvalue weighted by atomic mass is 10.7. The van der Waals surface area contributed by atoms with E-state index in [4.69, 9.17) is 14.2 Å². The van der Waals surface area contributed by atoms with Gasteiger partial charge in [0.2, 0.25) is 0 Å². The number of nitrogens with zero attached hydrogens (tertiary/aromatic N) is 1. The number of hydrogen-bond donors (Lipinski definition) is 1. The van der Waals surface area contributed by atoms with Crippen LogP contribution < -0.4 is 0 Å². The molecule has 0 aliphatic heterocycles. The molecule has 0 fully saturated rings. The lowest BCUT2D eigenvalue weighted by Gasteiger charge is -2.25. The molecule has 13 heavy (non-hydrogen) atoms. The predicted octanol–water partition coefficient (Wildman–Crippen LogP) is 1.09. The highest BCUT2D eigenvalue weighted by molar-refractivity contribution is 7.51. The summed E-state index contributed by atoms with van der Waals surface area (Å²) < 4.78 is 23.3. The Labute approximate surface area is 79.2 Å². The van der Waals surface area contributed by atoms with Crippen molar-refractivity contribution in [2.45, 2.75) is 13.8 Å². The third-order valence-electron chi connectivity index (χ3n) is 1.43. The van der Waals surface area contributed by atoms with E-state index in [2.05, 4.69) is 0 Å². The number of aliphatic hydroxyl groups is 1. The van der Waals surface area contributed by atoms with E-state index in [0.29, 0.717) is 13.2 Å². The van der Waals surface area contributed by atoms with Crippen LogP contribution in [0.25, 0.3) is 0 Å². The molecule has 0 spiro atoms. The van der Waals surface area contributed by atoms with E-state index in [1.807, 2.05) is 0 Å². The minimum absolute atomic E-state index is 0.0688. The van der Waals surface area contributed by atoms with Crippen molar-refractivity contribution in [3.8, 4) is 0 Å². The third-order valence-corrected chi connectivity index (χ3v) is 3.63. The molecule has 5 nitrogen and oxygen atoms in total. The monoisotopic (exact) mass is 211 g/mol. The molecule has 6 heteroatoms. The average molecular weight is 211 g/mol. The molecule has 0 aromatic heterocycles. The van der Waals surface area contributed by atoms with Crippen LogP contribution in [0.4, 0.5) is 0 Å². The molecular formula is C7H18NO4P. The van der Waals surface area contributed by atoms with Crippen LogP contribution in [-0.4, -0.2) is 43.2 Å².